The fourth-order valence-corrected chi connectivity index (χ4v) is 3.57. The van der Waals surface area contributed by atoms with Gasteiger partial charge in [0.15, 0.2) is 0 Å². The zero-order chi connectivity index (χ0) is 13.1. The van der Waals surface area contributed by atoms with Gasteiger partial charge in [-0.3, -0.25) is 0 Å². The number of ether oxygens (including phenoxy) is 2. The monoisotopic (exact) mass is 262 g/mol. The third kappa shape index (κ3) is 3.16. The van der Waals surface area contributed by atoms with Crippen molar-refractivity contribution in [3.05, 3.63) is 35.9 Å². The first-order valence-electron chi connectivity index (χ1n) is 7.24. The molecule has 2 bridgehead atoms. The molecule has 1 N–H and O–H groups in total. The van der Waals surface area contributed by atoms with Crippen LogP contribution in [0, 0.1) is 11.8 Å². The van der Waals surface area contributed by atoms with Crippen molar-refractivity contribution in [2.45, 2.75) is 44.5 Å². The number of aliphatic hydroxyl groups is 1. The average Bonchev–Trinajstić information content (AvgIpc) is 2.67. The molecule has 2 aliphatic carbocycles. The standard InChI is InChI=1S/C16H22O3/c17-15-8-13-6-7-14(9-15)16(13)19-11-18-10-12-4-2-1-3-5-12/h1-5,13-17H,6-11H2/t13-,14+,15-,16-. The van der Waals surface area contributed by atoms with Gasteiger partial charge in [0.1, 0.15) is 6.79 Å². The maximum absolute atomic E-state index is 9.74. The summed E-state index contributed by atoms with van der Waals surface area (Å²) in [5.74, 6) is 1.07. The van der Waals surface area contributed by atoms with Crippen molar-refractivity contribution < 1.29 is 14.6 Å². The molecular weight excluding hydrogens is 240 g/mol. The average molecular weight is 262 g/mol. The van der Waals surface area contributed by atoms with E-state index < -0.39 is 0 Å². The molecule has 0 radical (unpaired) electrons. The second-order valence-corrected chi connectivity index (χ2v) is 5.81. The van der Waals surface area contributed by atoms with Crippen molar-refractivity contribution in [2.24, 2.45) is 11.8 Å². The molecule has 0 saturated heterocycles. The largest absolute Gasteiger partial charge is 0.393 e. The van der Waals surface area contributed by atoms with Crippen molar-refractivity contribution >= 4 is 0 Å². The summed E-state index contributed by atoms with van der Waals surface area (Å²) < 4.78 is 11.5. The van der Waals surface area contributed by atoms with E-state index in [0.29, 0.717) is 31.3 Å². The molecule has 4 atom stereocenters. The number of benzene rings is 1. The van der Waals surface area contributed by atoms with Crippen LogP contribution in [0.25, 0.3) is 0 Å². The fourth-order valence-electron chi connectivity index (χ4n) is 3.57. The van der Waals surface area contributed by atoms with Gasteiger partial charge in [0.05, 0.1) is 18.8 Å². The second-order valence-electron chi connectivity index (χ2n) is 5.81. The van der Waals surface area contributed by atoms with Crippen LogP contribution in [0.3, 0.4) is 0 Å². The summed E-state index contributed by atoms with van der Waals surface area (Å²) in [5.41, 5.74) is 1.17. The molecule has 0 aromatic heterocycles. The number of aliphatic hydroxyl groups excluding tert-OH is 1. The van der Waals surface area contributed by atoms with Gasteiger partial charge in [0.25, 0.3) is 0 Å². The van der Waals surface area contributed by atoms with Gasteiger partial charge in [0, 0.05) is 0 Å². The Balaban J connectivity index is 1.41. The molecule has 19 heavy (non-hydrogen) atoms. The summed E-state index contributed by atoms with van der Waals surface area (Å²) >= 11 is 0. The Kier molecular flexibility index (Phi) is 4.16. The molecule has 2 aliphatic rings. The number of fused-ring (bicyclic) bond motifs is 2. The molecule has 0 aliphatic heterocycles. The molecule has 2 saturated carbocycles. The number of hydrogen-bond donors (Lipinski definition) is 1. The molecule has 1 aromatic rings. The van der Waals surface area contributed by atoms with Gasteiger partial charge in [-0.2, -0.15) is 0 Å². The van der Waals surface area contributed by atoms with Gasteiger partial charge in [-0.25, -0.2) is 0 Å². The lowest BCUT2D eigenvalue weighted by atomic mass is 9.84. The van der Waals surface area contributed by atoms with Crippen LogP contribution in [0.5, 0.6) is 0 Å². The van der Waals surface area contributed by atoms with Crippen LogP contribution in [-0.4, -0.2) is 24.1 Å². The zero-order valence-corrected chi connectivity index (χ0v) is 11.2. The van der Waals surface area contributed by atoms with Gasteiger partial charge >= 0.3 is 0 Å². The van der Waals surface area contributed by atoms with Gasteiger partial charge < -0.3 is 14.6 Å². The van der Waals surface area contributed by atoms with Crippen molar-refractivity contribution in [3.63, 3.8) is 0 Å². The van der Waals surface area contributed by atoms with Crippen molar-refractivity contribution in [3.8, 4) is 0 Å². The van der Waals surface area contributed by atoms with E-state index in [9.17, 15) is 5.11 Å². The topological polar surface area (TPSA) is 38.7 Å². The van der Waals surface area contributed by atoms with Crippen molar-refractivity contribution in [2.75, 3.05) is 6.79 Å². The minimum absolute atomic E-state index is 0.109. The van der Waals surface area contributed by atoms with Gasteiger partial charge in [-0.05, 0) is 43.1 Å². The first-order valence-corrected chi connectivity index (χ1v) is 7.24. The van der Waals surface area contributed by atoms with Crippen LogP contribution in [0.4, 0.5) is 0 Å². The van der Waals surface area contributed by atoms with Crippen LogP contribution in [-0.2, 0) is 16.1 Å². The maximum Gasteiger partial charge on any atom is 0.147 e. The fraction of sp³-hybridized carbons (Fsp3) is 0.625. The smallest absolute Gasteiger partial charge is 0.147 e. The molecule has 104 valence electrons. The molecule has 0 heterocycles. The van der Waals surface area contributed by atoms with Gasteiger partial charge in [0.2, 0.25) is 0 Å². The Bertz CT molecular complexity index is 378. The predicted octanol–water partition coefficient (Wildman–Crippen LogP) is 2.73. The predicted molar refractivity (Wildman–Crippen MR) is 72.4 cm³/mol. The van der Waals surface area contributed by atoms with E-state index in [1.165, 1.54) is 18.4 Å². The second kappa shape index (κ2) is 6.04. The van der Waals surface area contributed by atoms with Crippen LogP contribution in [0.15, 0.2) is 30.3 Å². The lowest BCUT2D eigenvalue weighted by molar-refractivity contribution is -0.135. The summed E-state index contributed by atoms with van der Waals surface area (Å²) in [4.78, 5) is 0. The molecule has 3 nitrogen and oxygen atoms in total. The van der Waals surface area contributed by atoms with Gasteiger partial charge in [-0.15, -0.1) is 0 Å². The molecule has 0 spiro atoms. The lowest BCUT2D eigenvalue weighted by Gasteiger charge is -2.32. The van der Waals surface area contributed by atoms with E-state index in [4.69, 9.17) is 9.47 Å². The number of hydrogen-bond acceptors (Lipinski definition) is 3. The SMILES string of the molecule is O[C@@H]1C[C@H]2CC[C@@H](C1)[C@@H]2OCOCc1ccccc1. The highest BCUT2D eigenvalue weighted by atomic mass is 16.7. The third-order valence-electron chi connectivity index (χ3n) is 4.44. The highest BCUT2D eigenvalue weighted by Crippen LogP contribution is 2.43. The Morgan fingerprint density at radius 1 is 1.05 bits per heavy atom. The summed E-state index contributed by atoms with van der Waals surface area (Å²) in [6.07, 6.45) is 4.40. The van der Waals surface area contributed by atoms with Crippen LogP contribution in [0.1, 0.15) is 31.2 Å². The third-order valence-corrected chi connectivity index (χ3v) is 4.44. The normalized spacial score (nSPS) is 33.5. The van der Waals surface area contributed by atoms with E-state index in [2.05, 4.69) is 12.1 Å². The molecule has 0 unspecified atom stereocenters. The molecular formula is C16H22O3. The Labute approximate surface area is 114 Å². The Hall–Kier alpha value is -0.900. The molecule has 0 amide bonds. The molecule has 2 fully saturated rings. The first kappa shape index (κ1) is 13.1. The van der Waals surface area contributed by atoms with E-state index in [1.807, 2.05) is 18.2 Å². The molecule has 3 heteroatoms. The minimum atomic E-state index is -0.109. The summed E-state index contributed by atoms with van der Waals surface area (Å²) in [6, 6.07) is 10.1. The van der Waals surface area contributed by atoms with Crippen molar-refractivity contribution in [1.29, 1.82) is 0 Å². The van der Waals surface area contributed by atoms with Crippen molar-refractivity contribution in [1.82, 2.24) is 0 Å². The molecule has 1 aromatic carbocycles. The van der Waals surface area contributed by atoms with Crippen LogP contribution < -0.4 is 0 Å². The van der Waals surface area contributed by atoms with Crippen LogP contribution in [0.2, 0.25) is 0 Å². The summed E-state index contributed by atoms with van der Waals surface area (Å²) in [6.45, 7) is 0.966. The Morgan fingerprint density at radius 2 is 1.74 bits per heavy atom. The van der Waals surface area contributed by atoms with E-state index in [1.54, 1.807) is 0 Å². The summed E-state index contributed by atoms with van der Waals surface area (Å²) in [7, 11) is 0. The minimum Gasteiger partial charge on any atom is -0.393 e. The van der Waals surface area contributed by atoms with Crippen LogP contribution >= 0.6 is 0 Å². The number of rotatable bonds is 5. The van der Waals surface area contributed by atoms with E-state index >= 15 is 0 Å². The van der Waals surface area contributed by atoms with Gasteiger partial charge in [-0.1, -0.05) is 30.3 Å². The quantitative estimate of drug-likeness (QED) is 0.655. The Morgan fingerprint density at radius 3 is 2.42 bits per heavy atom. The first-order chi connectivity index (χ1) is 9.33. The lowest BCUT2D eigenvalue weighted by Crippen LogP contribution is -2.35. The highest BCUT2D eigenvalue weighted by molar-refractivity contribution is 5.13. The zero-order valence-electron chi connectivity index (χ0n) is 11.2. The summed E-state index contributed by atoms with van der Waals surface area (Å²) in [5, 5.41) is 9.74. The maximum atomic E-state index is 9.74. The van der Waals surface area contributed by atoms with E-state index in [-0.39, 0.29) is 6.10 Å². The highest BCUT2D eigenvalue weighted by Gasteiger charge is 2.42. The van der Waals surface area contributed by atoms with E-state index in [0.717, 1.165) is 12.8 Å². The molecule has 3 rings (SSSR count).